The van der Waals surface area contributed by atoms with E-state index in [2.05, 4.69) is 25.3 Å². The first-order chi connectivity index (χ1) is 12.8. The van der Waals surface area contributed by atoms with Gasteiger partial charge in [0.15, 0.2) is 6.61 Å². The van der Waals surface area contributed by atoms with Gasteiger partial charge < -0.3 is 10.1 Å². The molecule has 3 aromatic rings. The summed E-state index contributed by atoms with van der Waals surface area (Å²) in [6, 6.07) is 9.09. The molecule has 0 unspecified atom stereocenters. The van der Waals surface area contributed by atoms with Crippen LogP contribution in [0.2, 0.25) is 0 Å². The molecule has 0 spiro atoms. The second kappa shape index (κ2) is 7.40. The highest BCUT2D eigenvalue weighted by molar-refractivity contribution is 5.90. The van der Waals surface area contributed by atoms with Crippen LogP contribution in [0, 0.1) is 0 Å². The van der Waals surface area contributed by atoms with E-state index in [1.165, 1.54) is 12.1 Å². The van der Waals surface area contributed by atoms with Crippen molar-refractivity contribution in [1.82, 2.24) is 20.0 Å². The third-order valence-electron chi connectivity index (χ3n) is 3.33. The zero-order chi connectivity index (χ0) is 19.4. The number of ether oxygens (including phenoxy) is 1. The Morgan fingerprint density at radius 2 is 1.96 bits per heavy atom. The maximum atomic E-state index is 12.3. The molecule has 0 aliphatic heterocycles. The summed E-state index contributed by atoms with van der Waals surface area (Å²) in [7, 11) is 0. The van der Waals surface area contributed by atoms with E-state index in [4.69, 9.17) is 0 Å². The van der Waals surface area contributed by atoms with E-state index in [1.807, 2.05) is 0 Å². The zero-order valence-electron chi connectivity index (χ0n) is 13.6. The summed E-state index contributed by atoms with van der Waals surface area (Å²) in [4.78, 5) is 28.0. The Balaban J connectivity index is 1.64. The number of pyridine rings is 1. The molecule has 0 aliphatic rings. The molecule has 0 fully saturated rings. The highest BCUT2D eigenvalue weighted by atomic mass is 19.4. The quantitative estimate of drug-likeness (QED) is 0.725. The Bertz CT molecular complexity index is 1020. The molecule has 1 N–H and O–H groups in total. The maximum Gasteiger partial charge on any atom is 0.422 e. The number of nitrogens with zero attached hydrogens (tertiary/aromatic N) is 4. The highest BCUT2D eigenvalue weighted by Crippen LogP contribution is 2.18. The molecule has 2 heterocycles. The van der Waals surface area contributed by atoms with Crippen LogP contribution < -0.4 is 15.6 Å². The summed E-state index contributed by atoms with van der Waals surface area (Å²) in [5.74, 6) is -0.811. The smallest absolute Gasteiger partial charge is 0.422 e. The molecule has 0 saturated carbocycles. The number of rotatable bonds is 5. The number of nitrogens with one attached hydrogen (secondary N) is 1. The molecule has 0 aliphatic carbocycles. The predicted octanol–water partition coefficient (Wildman–Crippen LogP) is 1.77. The lowest BCUT2D eigenvalue weighted by Crippen LogP contribution is -2.30. The van der Waals surface area contributed by atoms with Crippen LogP contribution in [0.25, 0.3) is 10.9 Å². The molecule has 140 valence electrons. The second-order valence-electron chi connectivity index (χ2n) is 5.41. The minimum atomic E-state index is -4.47. The van der Waals surface area contributed by atoms with E-state index in [-0.39, 0.29) is 18.1 Å². The Morgan fingerprint density at radius 3 is 2.67 bits per heavy atom. The van der Waals surface area contributed by atoms with E-state index in [1.54, 1.807) is 24.3 Å². The number of aromatic nitrogens is 4. The fourth-order valence-electron chi connectivity index (χ4n) is 2.16. The summed E-state index contributed by atoms with van der Waals surface area (Å²) in [6.45, 7) is -1.85. The maximum absolute atomic E-state index is 12.3. The van der Waals surface area contributed by atoms with Crippen molar-refractivity contribution in [3.05, 3.63) is 52.9 Å². The highest BCUT2D eigenvalue weighted by Gasteiger charge is 2.28. The van der Waals surface area contributed by atoms with Crippen molar-refractivity contribution in [2.24, 2.45) is 0 Å². The Morgan fingerprint density at radius 1 is 1.19 bits per heavy atom. The van der Waals surface area contributed by atoms with Gasteiger partial charge in [0, 0.05) is 6.07 Å². The second-order valence-corrected chi connectivity index (χ2v) is 5.41. The van der Waals surface area contributed by atoms with Gasteiger partial charge >= 0.3 is 6.18 Å². The first-order valence-electron chi connectivity index (χ1n) is 7.60. The average Bonchev–Trinajstić information content (AvgIpc) is 2.63. The van der Waals surface area contributed by atoms with Crippen molar-refractivity contribution in [1.29, 1.82) is 0 Å². The van der Waals surface area contributed by atoms with Gasteiger partial charge in [-0.05, 0) is 18.2 Å². The standard InChI is InChI=1S/C16H12F3N5O3/c17-16(18,19)9-27-14-6-5-10(7-20-14)21-13(25)8-24-15(26)11-3-1-2-4-12(11)22-23-24/h1-7H,8-9H2,(H,21,25). The molecule has 1 amide bonds. The lowest BCUT2D eigenvalue weighted by atomic mass is 10.2. The number of hydrogen-bond acceptors (Lipinski definition) is 6. The number of amides is 1. The first-order valence-corrected chi connectivity index (χ1v) is 7.60. The van der Waals surface area contributed by atoms with E-state index in [0.717, 1.165) is 10.9 Å². The van der Waals surface area contributed by atoms with Crippen LogP contribution in [0.1, 0.15) is 0 Å². The van der Waals surface area contributed by atoms with Gasteiger partial charge in [-0.2, -0.15) is 13.2 Å². The summed E-state index contributed by atoms with van der Waals surface area (Å²) < 4.78 is 41.6. The van der Waals surface area contributed by atoms with Crippen molar-refractivity contribution < 1.29 is 22.7 Å². The number of carbonyl (C=O) groups excluding carboxylic acids is 1. The van der Waals surface area contributed by atoms with Gasteiger partial charge in [0.25, 0.3) is 5.56 Å². The Hall–Kier alpha value is -3.50. The fourth-order valence-corrected chi connectivity index (χ4v) is 2.16. The molecule has 3 rings (SSSR count). The van der Waals surface area contributed by atoms with E-state index in [0.29, 0.717) is 10.9 Å². The normalized spacial score (nSPS) is 11.4. The SMILES string of the molecule is O=C(Cn1nnc2ccccc2c1=O)Nc1ccc(OCC(F)(F)F)nc1. The van der Waals surface area contributed by atoms with Crippen molar-refractivity contribution in [3.63, 3.8) is 0 Å². The molecular weight excluding hydrogens is 367 g/mol. The third kappa shape index (κ3) is 4.77. The Labute approximate surface area is 149 Å². The average molecular weight is 379 g/mol. The number of carbonyl (C=O) groups is 1. The predicted molar refractivity (Wildman–Crippen MR) is 88.2 cm³/mol. The third-order valence-corrected chi connectivity index (χ3v) is 3.33. The van der Waals surface area contributed by atoms with Crippen LogP contribution in [-0.4, -0.2) is 38.7 Å². The molecular formula is C16H12F3N5O3. The van der Waals surface area contributed by atoms with Crippen LogP contribution in [-0.2, 0) is 11.3 Å². The van der Waals surface area contributed by atoms with Gasteiger partial charge in [-0.3, -0.25) is 9.59 Å². The summed E-state index contributed by atoms with van der Waals surface area (Å²) in [6.07, 6.45) is -3.33. The summed E-state index contributed by atoms with van der Waals surface area (Å²) in [5, 5.41) is 10.4. The van der Waals surface area contributed by atoms with Crippen molar-refractivity contribution in [2.45, 2.75) is 12.7 Å². The van der Waals surface area contributed by atoms with Crippen LogP contribution in [0.3, 0.4) is 0 Å². The van der Waals surface area contributed by atoms with E-state index in [9.17, 15) is 22.8 Å². The fraction of sp³-hybridized carbons (Fsp3) is 0.188. The molecule has 2 aromatic heterocycles. The van der Waals surface area contributed by atoms with E-state index < -0.39 is 24.2 Å². The van der Waals surface area contributed by atoms with Crippen molar-refractivity contribution in [2.75, 3.05) is 11.9 Å². The molecule has 0 bridgehead atoms. The number of alkyl halides is 3. The zero-order valence-corrected chi connectivity index (χ0v) is 13.6. The first kappa shape index (κ1) is 18.3. The lowest BCUT2D eigenvalue weighted by Gasteiger charge is -2.09. The van der Waals surface area contributed by atoms with Gasteiger partial charge in [0.1, 0.15) is 12.1 Å². The van der Waals surface area contributed by atoms with Crippen LogP contribution in [0.5, 0.6) is 5.88 Å². The molecule has 0 atom stereocenters. The topological polar surface area (TPSA) is 99.0 Å². The van der Waals surface area contributed by atoms with Crippen LogP contribution >= 0.6 is 0 Å². The number of hydrogen-bond donors (Lipinski definition) is 1. The molecule has 8 nitrogen and oxygen atoms in total. The Kier molecular flexibility index (Phi) is 5.01. The van der Waals surface area contributed by atoms with Gasteiger partial charge in [-0.15, -0.1) is 5.10 Å². The summed E-state index contributed by atoms with van der Waals surface area (Å²) >= 11 is 0. The summed E-state index contributed by atoms with van der Waals surface area (Å²) in [5.41, 5.74) is 0.170. The van der Waals surface area contributed by atoms with Crippen LogP contribution in [0.4, 0.5) is 18.9 Å². The van der Waals surface area contributed by atoms with Crippen molar-refractivity contribution in [3.8, 4) is 5.88 Å². The number of fused-ring (bicyclic) bond motifs is 1. The molecule has 0 radical (unpaired) electrons. The minimum absolute atomic E-state index is 0.223. The van der Waals surface area contributed by atoms with Gasteiger partial charge in [0.2, 0.25) is 11.8 Å². The van der Waals surface area contributed by atoms with Gasteiger partial charge in [0.05, 0.1) is 17.3 Å². The minimum Gasteiger partial charge on any atom is -0.468 e. The molecule has 1 aromatic carbocycles. The van der Waals surface area contributed by atoms with Gasteiger partial charge in [-0.25, -0.2) is 9.67 Å². The van der Waals surface area contributed by atoms with E-state index >= 15 is 0 Å². The molecule has 11 heteroatoms. The number of anilines is 1. The molecule has 0 saturated heterocycles. The lowest BCUT2D eigenvalue weighted by molar-refractivity contribution is -0.154. The number of benzene rings is 1. The monoisotopic (exact) mass is 379 g/mol. The largest absolute Gasteiger partial charge is 0.468 e. The van der Waals surface area contributed by atoms with Gasteiger partial charge in [-0.1, -0.05) is 17.3 Å². The van der Waals surface area contributed by atoms with Crippen LogP contribution in [0.15, 0.2) is 47.4 Å². The number of halogens is 3. The van der Waals surface area contributed by atoms with Crippen molar-refractivity contribution >= 4 is 22.5 Å². The molecule has 27 heavy (non-hydrogen) atoms.